The zero-order valence-corrected chi connectivity index (χ0v) is 7.29. The summed E-state index contributed by atoms with van der Waals surface area (Å²) in [6.07, 6.45) is 1.80. The lowest BCUT2D eigenvalue weighted by atomic mass is 10.1. The van der Waals surface area contributed by atoms with Crippen molar-refractivity contribution in [1.82, 2.24) is 0 Å². The quantitative estimate of drug-likeness (QED) is 0.495. The van der Waals surface area contributed by atoms with Gasteiger partial charge in [0.2, 0.25) is 0 Å². The minimum Gasteiger partial charge on any atom is -0.151 e. The summed E-state index contributed by atoms with van der Waals surface area (Å²) in [5.74, 6) is 0. The fourth-order valence-electron chi connectivity index (χ4n) is 1.10. The SMILES string of the molecule is Cc1ccc(CCCN=O)cc1. The van der Waals surface area contributed by atoms with Crippen LogP contribution in [0.4, 0.5) is 0 Å². The van der Waals surface area contributed by atoms with Crippen LogP contribution in [0.1, 0.15) is 17.5 Å². The molecule has 0 saturated heterocycles. The first-order chi connectivity index (χ1) is 5.83. The lowest BCUT2D eigenvalue weighted by molar-refractivity contribution is 0.829. The smallest absolute Gasteiger partial charge is 0.0814 e. The second-order valence-corrected chi connectivity index (χ2v) is 2.94. The molecule has 0 heterocycles. The molecular weight excluding hydrogens is 150 g/mol. The van der Waals surface area contributed by atoms with Crippen LogP contribution >= 0.6 is 0 Å². The summed E-state index contributed by atoms with van der Waals surface area (Å²) < 4.78 is 0. The van der Waals surface area contributed by atoms with Gasteiger partial charge in [-0.1, -0.05) is 35.0 Å². The number of benzene rings is 1. The molecule has 0 aliphatic carbocycles. The van der Waals surface area contributed by atoms with Crippen molar-refractivity contribution in [2.75, 3.05) is 6.54 Å². The van der Waals surface area contributed by atoms with E-state index in [2.05, 4.69) is 36.4 Å². The van der Waals surface area contributed by atoms with Crippen LogP contribution < -0.4 is 0 Å². The summed E-state index contributed by atoms with van der Waals surface area (Å²) in [7, 11) is 0. The molecule has 0 atom stereocenters. The average Bonchev–Trinajstić information content (AvgIpc) is 2.09. The Labute approximate surface area is 72.6 Å². The molecule has 0 fully saturated rings. The van der Waals surface area contributed by atoms with Gasteiger partial charge in [0.05, 0.1) is 6.54 Å². The standard InChI is InChI=1S/C10H13NO/c1-9-4-6-10(7-5-9)3-2-8-11-12/h4-7H,2-3,8H2,1H3. The lowest BCUT2D eigenvalue weighted by Gasteiger charge is -1.98. The molecule has 12 heavy (non-hydrogen) atoms. The Bertz CT molecular complexity index is 241. The molecule has 1 aromatic carbocycles. The molecule has 2 heteroatoms. The van der Waals surface area contributed by atoms with Gasteiger partial charge in [-0.25, -0.2) is 0 Å². The summed E-state index contributed by atoms with van der Waals surface area (Å²) in [6, 6.07) is 8.37. The van der Waals surface area contributed by atoms with Gasteiger partial charge < -0.3 is 0 Å². The van der Waals surface area contributed by atoms with Gasteiger partial charge in [0.15, 0.2) is 0 Å². The fraction of sp³-hybridized carbons (Fsp3) is 0.400. The predicted molar refractivity (Wildman–Crippen MR) is 50.2 cm³/mol. The van der Waals surface area contributed by atoms with Crippen LogP contribution in [0.2, 0.25) is 0 Å². The van der Waals surface area contributed by atoms with Gasteiger partial charge in [0.25, 0.3) is 0 Å². The zero-order valence-electron chi connectivity index (χ0n) is 7.29. The van der Waals surface area contributed by atoms with E-state index in [0.29, 0.717) is 6.54 Å². The van der Waals surface area contributed by atoms with Crippen LogP contribution in [-0.4, -0.2) is 6.54 Å². The van der Waals surface area contributed by atoms with E-state index >= 15 is 0 Å². The molecule has 2 nitrogen and oxygen atoms in total. The van der Waals surface area contributed by atoms with Crippen LogP contribution in [0.3, 0.4) is 0 Å². The van der Waals surface area contributed by atoms with E-state index in [1.807, 2.05) is 0 Å². The van der Waals surface area contributed by atoms with E-state index in [1.54, 1.807) is 0 Å². The Kier molecular flexibility index (Phi) is 3.45. The number of hydrogen-bond donors (Lipinski definition) is 0. The molecule has 0 saturated carbocycles. The van der Waals surface area contributed by atoms with E-state index in [4.69, 9.17) is 0 Å². The topological polar surface area (TPSA) is 29.4 Å². The minimum atomic E-state index is 0.424. The van der Waals surface area contributed by atoms with Crippen molar-refractivity contribution in [2.45, 2.75) is 19.8 Å². The van der Waals surface area contributed by atoms with Gasteiger partial charge in [-0.2, -0.15) is 4.91 Å². The number of nitrogens with zero attached hydrogens (tertiary/aromatic N) is 1. The second kappa shape index (κ2) is 4.65. The molecule has 0 radical (unpaired) electrons. The van der Waals surface area contributed by atoms with Gasteiger partial charge in [-0.05, 0) is 25.3 Å². The first-order valence-electron chi connectivity index (χ1n) is 4.17. The first kappa shape index (κ1) is 8.91. The molecule has 0 spiro atoms. The van der Waals surface area contributed by atoms with Crippen molar-refractivity contribution >= 4 is 0 Å². The number of aryl methyl sites for hydroxylation is 2. The molecule has 0 aliphatic rings. The van der Waals surface area contributed by atoms with Crippen LogP contribution in [0.15, 0.2) is 29.4 Å². The first-order valence-corrected chi connectivity index (χ1v) is 4.17. The third kappa shape index (κ3) is 2.82. The largest absolute Gasteiger partial charge is 0.151 e. The summed E-state index contributed by atoms with van der Waals surface area (Å²) in [6.45, 7) is 2.49. The van der Waals surface area contributed by atoms with E-state index in [0.717, 1.165) is 12.8 Å². The predicted octanol–water partition coefficient (Wildman–Crippen LogP) is 2.69. The van der Waals surface area contributed by atoms with Crippen molar-refractivity contribution in [1.29, 1.82) is 0 Å². The minimum absolute atomic E-state index is 0.424. The van der Waals surface area contributed by atoms with Crippen molar-refractivity contribution in [3.63, 3.8) is 0 Å². The van der Waals surface area contributed by atoms with Gasteiger partial charge in [-0.15, -0.1) is 0 Å². The fourth-order valence-corrected chi connectivity index (χ4v) is 1.10. The number of hydrogen-bond acceptors (Lipinski definition) is 2. The Morgan fingerprint density at radius 3 is 2.50 bits per heavy atom. The Balaban J connectivity index is 2.42. The molecule has 0 aliphatic heterocycles. The molecule has 1 aromatic rings. The maximum Gasteiger partial charge on any atom is 0.0814 e. The van der Waals surface area contributed by atoms with Crippen molar-refractivity contribution in [3.8, 4) is 0 Å². The van der Waals surface area contributed by atoms with Crippen LogP contribution in [-0.2, 0) is 6.42 Å². The molecular formula is C10H13NO. The number of rotatable bonds is 4. The van der Waals surface area contributed by atoms with Gasteiger partial charge in [0.1, 0.15) is 0 Å². The molecule has 1 rings (SSSR count). The number of nitroso groups, excluding NO2 is 1. The molecule has 0 N–H and O–H groups in total. The summed E-state index contributed by atoms with van der Waals surface area (Å²) in [5, 5.41) is 2.82. The summed E-state index contributed by atoms with van der Waals surface area (Å²) in [5.41, 5.74) is 2.55. The van der Waals surface area contributed by atoms with Gasteiger partial charge >= 0.3 is 0 Å². The maximum absolute atomic E-state index is 9.80. The molecule has 0 bridgehead atoms. The van der Waals surface area contributed by atoms with Gasteiger partial charge in [-0.3, -0.25) is 0 Å². The summed E-state index contributed by atoms with van der Waals surface area (Å²) >= 11 is 0. The third-order valence-electron chi connectivity index (χ3n) is 1.84. The summed E-state index contributed by atoms with van der Waals surface area (Å²) in [4.78, 5) is 9.80. The maximum atomic E-state index is 9.80. The Morgan fingerprint density at radius 1 is 1.25 bits per heavy atom. The van der Waals surface area contributed by atoms with Crippen LogP contribution in [0, 0.1) is 11.8 Å². The van der Waals surface area contributed by atoms with E-state index in [-0.39, 0.29) is 0 Å². The molecule has 0 amide bonds. The third-order valence-corrected chi connectivity index (χ3v) is 1.84. The van der Waals surface area contributed by atoms with Gasteiger partial charge in [0, 0.05) is 0 Å². The molecule has 0 unspecified atom stereocenters. The molecule has 64 valence electrons. The van der Waals surface area contributed by atoms with E-state index < -0.39 is 0 Å². The van der Waals surface area contributed by atoms with Crippen molar-refractivity contribution < 1.29 is 0 Å². The highest BCUT2D eigenvalue weighted by molar-refractivity contribution is 5.21. The zero-order chi connectivity index (χ0) is 8.81. The highest BCUT2D eigenvalue weighted by atomic mass is 16.3. The second-order valence-electron chi connectivity index (χ2n) is 2.94. The van der Waals surface area contributed by atoms with E-state index in [9.17, 15) is 4.91 Å². The van der Waals surface area contributed by atoms with E-state index in [1.165, 1.54) is 11.1 Å². The average molecular weight is 163 g/mol. The monoisotopic (exact) mass is 163 g/mol. The highest BCUT2D eigenvalue weighted by Crippen LogP contribution is 2.05. The Morgan fingerprint density at radius 2 is 1.92 bits per heavy atom. The van der Waals surface area contributed by atoms with Crippen LogP contribution in [0.25, 0.3) is 0 Å². The van der Waals surface area contributed by atoms with Crippen molar-refractivity contribution in [3.05, 3.63) is 40.3 Å². The van der Waals surface area contributed by atoms with Crippen LogP contribution in [0.5, 0.6) is 0 Å². The highest BCUT2D eigenvalue weighted by Gasteiger charge is 1.91. The molecule has 0 aromatic heterocycles. The Hall–Kier alpha value is -1.18. The van der Waals surface area contributed by atoms with Crippen molar-refractivity contribution in [2.24, 2.45) is 5.18 Å². The lowest BCUT2D eigenvalue weighted by Crippen LogP contribution is -1.87. The normalized spacial score (nSPS) is 9.75.